The highest BCUT2D eigenvalue weighted by Crippen LogP contribution is 2.14. The van der Waals surface area contributed by atoms with Crippen LogP contribution in [-0.2, 0) is 6.54 Å². The van der Waals surface area contributed by atoms with Crippen molar-refractivity contribution in [3.05, 3.63) is 46.7 Å². The van der Waals surface area contributed by atoms with Gasteiger partial charge in [-0.3, -0.25) is 4.99 Å². The molecule has 0 fully saturated rings. The molecule has 0 spiro atoms. The molecule has 0 bridgehead atoms. The molecule has 5 nitrogen and oxygen atoms in total. The average Bonchev–Trinajstić information content (AvgIpc) is 2.96. The molecule has 1 aliphatic heterocycles. The standard InChI is InChI=1S/C15H18BrN5/c1-20-8-2-7-17-15(20)18-9-12-10-19-21(11-12)14-5-3-13(16)4-6-14/h3-6,10-11H,2,7-9H2,1H3,(H,17,18). The van der Waals surface area contributed by atoms with Crippen molar-refractivity contribution in [1.29, 1.82) is 0 Å². The molecule has 0 amide bonds. The zero-order chi connectivity index (χ0) is 14.7. The number of hydrogen-bond acceptors (Lipinski definition) is 4. The van der Waals surface area contributed by atoms with Gasteiger partial charge in [0.2, 0.25) is 0 Å². The predicted octanol–water partition coefficient (Wildman–Crippen LogP) is 2.42. The lowest BCUT2D eigenvalue weighted by Crippen LogP contribution is -2.41. The van der Waals surface area contributed by atoms with Gasteiger partial charge < -0.3 is 10.2 Å². The van der Waals surface area contributed by atoms with Gasteiger partial charge in [0.05, 0.1) is 11.9 Å². The van der Waals surface area contributed by atoms with E-state index in [0.29, 0.717) is 0 Å². The van der Waals surface area contributed by atoms with Crippen molar-refractivity contribution in [2.45, 2.75) is 13.0 Å². The minimum absolute atomic E-state index is 0.736. The molecule has 3 rings (SSSR count). The zero-order valence-electron chi connectivity index (χ0n) is 12.0. The molecule has 1 aliphatic rings. The number of aliphatic imine (C=N–C) groups is 1. The van der Waals surface area contributed by atoms with Crippen LogP contribution in [0.2, 0.25) is 0 Å². The molecule has 0 saturated heterocycles. The van der Waals surface area contributed by atoms with Gasteiger partial charge in [0, 0.05) is 42.9 Å². The molecule has 0 unspecified atom stereocenters. The van der Waals surface area contributed by atoms with E-state index in [-0.39, 0.29) is 0 Å². The smallest absolute Gasteiger partial charge is 0.193 e. The van der Waals surface area contributed by atoms with Crippen LogP contribution in [0, 0.1) is 0 Å². The molecule has 110 valence electrons. The Morgan fingerprint density at radius 2 is 2.10 bits per heavy atom. The second-order valence-electron chi connectivity index (χ2n) is 5.10. The summed E-state index contributed by atoms with van der Waals surface area (Å²) in [6, 6.07) is 8.10. The Hall–Kier alpha value is -1.82. The lowest BCUT2D eigenvalue weighted by atomic mass is 10.3. The molecule has 1 N–H and O–H groups in total. The maximum Gasteiger partial charge on any atom is 0.193 e. The van der Waals surface area contributed by atoms with Crippen LogP contribution in [-0.4, -0.2) is 40.8 Å². The van der Waals surface area contributed by atoms with Gasteiger partial charge in [0.1, 0.15) is 0 Å². The van der Waals surface area contributed by atoms with E-state index >= 15 is 0 Å². The Balaban J connectivity index is 1.65. The minimum Gasteiger partial charge on any atom is -0.352 e. The normalized spacial score (nSPS) is 15.0. The highest BCUT2D eigenvalue weighted by Gasteiger charge is 2.10. The molecule has 0 atom stereocenters. The van der Waals surface area contributed by atoms with Crippen LogP contribution in [0.1, 0.15) is 12.0 Å². The van der Waals surface area contributed by atoms with Crippen LogP contribution < -0.4 is 5.32 Å². The van der Waals surface area contributed by atoms with E-state index < -0.39 is 0 Å². The summed E-state index contributed by atoms with van der Waals surface area (Å²) in [5.74, 6) is 0.970. The summed E-state index contributed by atoms with van der Waals surface area (Å²) in [7, 11) is 2.07. The molecule has 1 aromatic carbocycles. The third-order valence-corrected chi connectivity index (χ3v) is 3.98. The number of hydrogen-bond donors (Lipinski definition) is 1. The maximum atomic E-state index is 4.50. The van der Waals surface area contributed by atoms with Crippen LogP contribution in [0.5, 0.6) is 0 Å². The number of nitrogens with one attached hydrogen (secondary N) is 1. The van der Waals surface area contributed by atoms with Crippen molar-refractivity contribution in [3.8, 4) is 5.69 Å². The SMILES string of the molecule is CN1CCCN=C1NCc1cnn(-c2ccc(Br)cc2)c1. The first kappa shape index (κ1) is 14.1. The fourth-order valence-corrected chi connectivity index (χ4v) is 2.54. The third-order valence-electron chi connectivity index (χ3n) is 3.45. The van der Waals surface area contributed by atoms with E-state index in [1.807, 2.05) is 41.3 Å². The number of benzene rings is 1. The minimum atomic E-state index is 0.736. The maximum absolute atomic E-state index is 4.50. The van der Waals surface area contributed by atoms with Crippen LogP contribution in [0.4, 0.5) is 0 Å². The lowest BCUT2D eigenvalue weighted by Gasteiger charge is -2.25. The number of aromatic nitrogens is 2. The van der Waals surface area contributed by atoms with Crippen molar-refractivity contribution in [3.63, 3.8) is 0 Å². The van der Waals surface area contributed by atoms with E-state index in [1.165, 1.54) is 0 Å². The fourth-order valence-electron chi connectivity index (χ4n) is 2.28. The van der Waals surface area contributed by atoms with Gasteiger partial charge in [-0.15, -0.1) is 0 Å². The van der Waals surface area contributed by atoms with Gasteiger partial charge >= 0.3 is 0 Å². The third kappa shape index (κ3) is 3.44. The Kier molecular flexibility index (Phi) is 4.24. The number of nitrogens with zero attached hydrogens (tertiary/aromatic N) is 4. The number of halogens is 1. The van der Waals surface area contributed by atoms with Crippen molar-refractivity contribution < 1.29 is 0 Å². The molecule has 2 heterocycles. The predicted molar refractivity (Wildman–Crippen MR) is 87.7 cm³/mol. The summed E-state index contributed by atoms with van der Waals surface area (Å²) in [6.07, 6.45) is 5.06. The van der Waals surface area contributed by atoms with Gasteiger partial charge in [0.25, 0.3) is 0 Å². The van der Waals surface area contributed by atoms with Crippen LogP contribution in [0.15, 0.2) is 46.1 Å². The molecule has 0 radical (unpaired) electrons. The van der Waals surface area contributed by atoms with Crippen molar-refractivity contribution in [2.24, 2.45) is 4.99 Å². The fraction of sp³-hybridized carbons (Fsp3) is 0.333. The van der Waals surface area contributed by atoms with Gasteiger partial charge in [-0.05, 0) is 30.7 Å². The van der Waals surface area contributed by atoms with E-state index in [1.54, 1.807) is 0 Å². The number of rotatable bonds is 3. The summed E-state index contributed by atoms with van der Waals surface area (Å²) in [5.41, 5.74) is 2.19. The summed E-state index contributed by atoms with van der Waals surface area (Å²) < 4.78 is 2.95. The first-order valence-electron chi connectivity index (χ1n) is 7.01. The molecule has 0 aliphatic carbocycles. The molecule has 21 heavy (non-hydrogen) atoms. The molecular weight excluding hydrogens is 330 g/mol. The van der Waals surface area contributed by atoms with E-state index in [4.69, 9.17) is 0 Å². The summed E-state index contributed by atoms with van der Waals surface area (Å²) in [5, 5.41) is 7.78. The van der Waals surface area contributed by atoms with Crippen LogP contribution in [0.25, 0.3) is 5.69 Å². The van der Waals surface area contributed by atoms with Crippen molar-refractivity contribution in [1.82, 2.24) is 20.0 Å². The van der Waals surface area contributed by atoms with Crippen LogP contribution >= 0.6 is 15.9 Å². The highest BCUT2D eigenvalue weighted by atomic mass is 79.9. The zero-order valence-corrected chi connectivity index (χ0v) is 13.5. The second-order valence-corrected chi connectivity index (χ2v) is 6.02. The summed E-state index contributed by atoms with van der Waals surface area (Å²) in [4.78, 5) is 6.65. The van der Waals surface area contributed by atoms with Crippen LogP contribution in [0.3, 0.4) is 0 Å². The largest absolute Gasteiger partial charge is 0.352 e. The number of guanidine groups is 1. The van der Waals surface area contributed by atoms with Gasteiger partial charge in [0.15, 0.2) is 5.96 Å². The molecule has 2 aromatic rings. The van der Waals surface area contributed by atoms with Gasteiger partial charge in [-0.25, -0.2) is 4.68 Å². The quantitative estimate of drug-likeness (QED) is 0.927. The monoisotopic (exact) mass is 347 g/mol. The molecule has 6 heteroatoms. The Morgan fingerprint density at radius 3 is 2.86 bits per heavy atom. The van der Waals surface area contributed by atoms with E-state index in [9.17, 15) is 0 Å². The molecule has 1 aromatic heterocycles. The first-order chi connectivity index (χ1) is 10.2. The second kappa shape index (κ2) is 6.30. The van der Waals surface area contributed by atoms with Crippen molar-refractivity contribution in [2.75, 3.05) is 20.1 Å². The van der Waals surface area contributed by atoms with Crippen molar-refractivity contribution >= 4 is 21.9 Å². The Labute approximate surface area is 132 Å². The first-order valence-corrected chi connectivity index (χ1v) is 7.80. The molecular formula is C15H18BrN5. The summed E-state index contributed by atoms with van der Waals surface area (Å²) in [6.45, 7) is 2.70. The summed E-state index contributed by atoms with van der Waals surface area (Å²) >= 11 is 3.44. The van der Waals surface area contributed by atoms with Gasteiger partial charge in [-0.1, -0.05) is 15.9 Å². The Bertz CT molecular complexity index is 632. The van der Waals surface area contributed by atoms with Gasteiger partial charge in [-0.2, -0.15) is 5.10 Å². The Morgan fingerprint density at radius 1 is 1.29 bits per heavy atom. The lowest BCUT2D eigenvalue weighted by molar-refractivity contribution is 0.446. The van der Waals surface area contributed by atoms with E-state index in [0.717, 1.165) is 47.7 Å². The molecule has 0 saturated carbocycles. The average molecular weight is 348 g/mol. The highest BCUT2D eigenvalue weighted by molar-refractivity contribution is 9.10. The topological polar surface area (TPSA) is 45.4 Å². The van der Waals surface area contributed by atoms with E-state index in [2.05, 4.69) is 43.3 Å².